The van der Waals surface area contributed by atoms with Crippen molar-refractivity contribution >= 4 is 34.0 Å². The third-order valence-corrected chi connectivity index (χ3v) is 4.68. The molecule has 28 heavy (non-hydrogen) atoms. The first-order valence-corrected chi connectivity index (χ1v) is 9.10. The van der Waals surface area contributed by atoms with Crippen molar-refractivity contribution in [3.05, 3.63) is 94.2 Å². The Morgan fingerprint density at radius 1 is 0.929 bits per heavy atom. The standard InChI is InChI=1S/C22H16ClN3O2/c23-18-7-3-4-8-20(18)24-21(27)14-26-22(28)12-11-19(25-26)17-10-9-15-5-1-2-6-16(15)13-17/h1-13H,14H2,(H,24,27). The zero-order valence-electron chi connectivity index (χ0n) is 14.8. The fourth-order valence-electron chi connectivity index (χ4n) is 2.95. The Hall–Kier alpha value is -3.44. The minimum absolute atomic E-state index is 0.203. The molecule has 0 unspecified atom stereocenters. The van der Waals surface area contributed by atoms with E-state index in [1.165, 1.54) is 6.07 Å². The summed E-state index contributed by atoms with van der Waals surface area (Å²) in [6.07, 6.45) is 0. The molecular formula is C22H16ClN3O2. The van der Waals surface area contributed by atoms with Gasteiger partial charge in [-0.05, 0) is 35.0 Å². The van der Waals surface area contributed by atoms with E-state index in [2.05, 4.69) is 10.4 Å². The van der Waals surface area contributed by atoms with Gasteiger partial charge in [-0.2, -0.15) is 5.10 Å². The highest BCUT2D eigenvalue weighted by molar-refractivity contribution is 6.33. The number of fused-ring (bicyclic) bond motifs is 1. The molecule has 0 radical (unpaired) electrons. The van der Waals surface area contributed by atoms with Crippen LogP contribution in [0.4, 0.5) is 5.69 Å². The summed E-state index contributed by atoms with van der Waals surface area (Å²) in [5, 5.41) is 9.70. The van der Waals surface area contributed by atoms with Gasteiger partial charge in [-0.3, -0.25) is 9.59 Å². The number of hydrogen-bond donors (Lipinski definition) is 1. The number of aromatic nitrogens is 2. The maximum absolute atomic E-state index is 12.3. The zero-order chi connectivity index (χ0) is 19.5. The number of carbonyl (C=O) groups is 1. The highest BCUT2D eigenvalue weighted by Crippen LogP contribution is 2.22. The van der Waals surface area contributed by atoms with Crippen LogP contribution in [0.1, 0.15) is 0 Å². The molecule has 5 nitrogen and oxygen atoms in total. The van der Waals surface area contributed by atoms with Crippen molar-refractivity contribution in [2.24, 2.45) is 0 Å². The molecule has 0 spiro atoms. The first-order chi connectivity index (χ1) is 13.6. The summed E-state index contributed by atoms with van der Waals surface area (Å²) >= 11 is 6.06. The van der Waals surface area contributed by atoms with Crippen LogP contribution in [0.3, 0.4) is 0 Å². The minimum Gasteiger partial charge on any atom is -0.323 e. The maximum atomic E-state index is 12.3. The third kappa shape index (κ3) is 3.80. The predicted octanol–water partition coefficient (Wildman–Crippen LogP) is 4.36. The second-order valence-corrected chi connectivity index (χ2v) is 6.71. The molecule has 6 heteroatoms. The van der Waals surface area contributed by atoms with Gasteiger partial charge in [0.25, 0.3) is 5.56 Å². The van der Waals surface area contributed by atoms with Crippen molar-refractivity contribution in [1.29, 1.82) is 0 Å². The van der Waals surface area contributed by atoms with Gasteiger partial charge in [0.1, 0.15) is 6.54 Å². The molecule has 1 amide bonds. The van der Waals surface area contributed by atoms with Crippen LogP contribution in [0, 0.1) is 0 Å². The topological polar surface area (TPSA) is 64.0 Å². The lowest BCUT2D eigenvalue weighted by Gasteiger charge is -2.09. The van der Waals surface area contributed by atoms with E-state index in [0.29, 0.717) is 16.4 Å². The van der Waals surface area contributed by atoms with Gasteiger partial charge in [0.2, 0.25) is 5.91 Å². The van der Waals surface area contributed by atoms with Crippen LogP contribution < -0.4 is 10.9 Å². The quantitative estimate of drug-likeness (QED) is 0.564. The second kappa shape index (κ2) is 7.66. The van der Waals surface area contributed by atoms with E-state index >= 15 is 0 Å². The van der Waals surface area contributed by atoms with Gasteiger partial charge in [-0.15, -0.1) is 0 Å². The predicted molar refractivity (Wildman–Crippen MR) is 112 cm³/mol. The van der Waals surface area contributed by atoms with Crippen LogP contribution in [0.15, 0.2) is 83.7 Å². The van der Waals surface area contributed by atoms with E-state index in [1.54, 1.807) is 30.3 Å². The number of para-hydroxylation sites is 1. The van der Waals surface area contributed by atoms with Gasteiger partial charge in [-0.1, -0.05) is 60.1 Å². The fourth-order valence-corrected chi connectivity index (χ4v) is 3.14. The van der Waals surface area contributed by atoms with Gasteiger partial charge >= 0.3 is 0 Å². The van der Waals surface area contributed by atoms with Crippen molar-refractivity contribution in [2.45, 2.75) is 6.54 Å². The molecule has 1 heterocycles. The molecule has 0 atom stereocenters. The summed E-state index contributed by atoms with van der Waals surface area (Å²) in [6.45, 7) is -0.203. The van der Waals surface area contributed by atoms with Crippen molar-refractivity contribution in [3.63, 3.8) is 0 Å². The lowest BCUT2D eigenvalue weighted by atomic mass is 10.1. The highest BCUT2D eigenvalue weighted by Gasteiger charge is 2.10. The molecule has 3 aromatic carbocycles. The van der Waals surface area contributed by atoms with Gasteiger partial charge in [0, 0.05) is 11.6 Å². The highest BCUT2D eigenvalue weighted by atomic mass is 35.5. The lowest BCUT2D eigenvalue weighted by molar-refractivity contribution is -0.117. The summed E-state index contributed by atoms with van der Waals surface area (Å²) in [5.41, 5.74) is 1.64. The smallest absolute Gasteiger partial charge is 0.267 e. The van der Waals surface area contributed by atoms with E-state index in [0.717, 1.165) is 21.0 Å². The molecule has 0 bridgehead atoms. The number of rotatable bonds is 4. The monoisotopic (exact) mass is 389 g/mol. The molecule has 0 aliphatic rings. The normalized spacial score (nSPS) is 10.8. The van der Waals surface area contributed by atoms with Crippen LogP contribution >= 0.6 is 11.6 Å². The molecular weight excluding hydrogens is 374 g/mol. The third-order valence-electron chi connectivity index (χ3n) is 4.35. The summed E-state index contributed by atoms with van der Waals surface area (Å²) in [7, 11) is 0. The number of anilines is 1. The number of carbonyl (C=O) groups excluding carboxylic acids is 1. The zero-order valence-corrected chi connectivity index (χ0v) is 15.6. The van der Waals surface area contributed by atoms with Crippen molar-refractivity contribution in [3.8, 4) is 11.3 Å². The first kappa shape index (κ1) is 17.9. The summed E-state index contributed by atoms with van der Waals surface area (Å²) in [6, 6.07) is 24.0. The molecule has 1 aromatic heterocycles. The van der Waals surface area contributed by atoms with Gasteiger partial charge in [0.05, 0.1) is 16.4 Å². The molecule has 0 aliphatic carbocycles. The Morgan fingerprint density at radius 2 is 1.68 bits per heavy atom. The van der Waals surface area contributed by atoms with Crippen molar-refractivity contribution in [1.82, 2.24) is 9.78 Å². The average molecular weight is 390 g/mol. The molecule has 138 valence electrons. The SMILES string of the molecule is O=C(Cn1nc(-c2ccc3ccccc3c2)ccc1=O)Nc1ccccc1Cl. The molecule has 0 saturated heterocycles. The number of amides is 1. The number of hydrogen-bond acceptors (Lipinski definition) is 3. The summed E-state index contributed by atoms with van der Waals surface area (Å²) in [4.78, 5) is 24.5. The van der Waals surface area contributed by atoms with E-state index in [-0.39, 0.29) is 18.0 Å². The lowest BCUT2D eigenvalue weighted by Crippen LogP contribution is -2.29. The van der Waals surface area contributed by atoms with Gasteiger partial charge in [-0.25, -0.2) is 4.68 Å². The van der Waals surface area contributed by atoms with E-state index < -0.39 is 0 Å². The number of benzene rings is 3. The van der Waals surface area contributed by atoms with Crippen LogP contribution in [-0.4, -0.2) is 15.7 Å². The molecule has 4 rings (SSSR count). The Morgan fingerprint density at radius 3 is 2.50 bits per heavy atom. The van der Waals surface area contributed by atoms with Crippen molar-refractivity contribution in [2.75, 3.05) is 5.32 Å². The van der Waals surface area contributed by atoms with Crippen LogP contribution in [0.2, 0.25) is 5.02 Å². The van der Waals surface area contributed by atoms with Crippen LogP contribution in [0.5, 0.6) is 0 Å². The maximum Gasteiger partial charge on any atom is 0.267 e. The number of halogens is 1. The fraction of sp³-hybridized carbons (Fsp3) is 0.0455. The molecule has 1 N–H and O–H groups in total. The largest absolute Gasteiger partial charge is 0.323 e. The van der Waals surface area contributed by atoms with E-state index in [9.17, 15) is 9.59 Å². The molecule has 4 aromatic rings. The van der Waals surface area contributed by atoms with Crippen LogP contribution in [0.25, 0.3) is 22.0 Å². The van der Waals surface area contributed by atoms with E-state index in [4.69, 9.17) is 11.6 Å². The first-order valence-electron chi connectivity index (χ1n) is 8.72. The van der Waals surface area contributed by atoms with Gasteiger partial charge in [0.15, 0.2) is 0 Å². The van der Waals surface area contributed by atoms with E-state index in [1.807, 2.05) is 42.5 Å². The van der Waals surface area contributed by atoms with Crippen molar-refractivity contribution < 1.29 is 4.79 Å². The Bertz CT molecular complexity index is 1230. The average Bonchev–Trinajstić information content (AvgIpc) is 2.71. The molecule has 0 fully saturated rings. The van der Waals surface area contributed by atoms with Crippen LogP contribution in [-0.2, 0) is 11.3 Å². The summed E-state index contributed by atoms with van der Waals surface area (Å²) in [5.74, 6) is -0.377. The molecule has 0 saturated carbocycles. The Balaban J connectivity index is 1.60. The Labute approximate surface area is 166 Å². The summed E-state index contributed by atoms with van der Waals surface area (Å²) < 4.78 is 1.15. The Kier molecular flexibility index (Phi) is 4.91. The molecule has 0 aliphatic heterocycles. The van der Waals surface area contributed by atoms with Gasteiger partial charge < -0.3 is 5.32 Å². The second-order valence-electron chi connectivity index (χ2n) is 6.30. The number of nitrogens with one attached hydrogen (secondary N) is 1. The number of nitrogens with zero attached hydrogens (tertiary/aromatic N) is 2. The minimum atomic E-state index is -0.377.